The van der Waals surface area contributed by atoms with Gasteiger partial charge in [-0.2, -0.15) is 0 Å². The molecule has 3 N–H and O–H groups in total. The normalized spacial score (nSPS) is 25.2. The van der Waals surface area contributed by atoms with E-state index in [-0.39, 0.29) is 6.61 Å². The fraction of sp³-hybridized carbons (Fsp3) is 0.625. The van der Waals surface area contributed by atoms with Gasteiger partial charge in [0.25, 0.3) is 0 Å². The molecule has 0 bridgehead atoms. The van der Waals surface area contributed by atoms with Gasteiger partial charge in [-0.25, -0.2) is 0 Å². The molecule has 3 heteroatoms. The molecule has 2 rings (SSSR count). The summed E-state index contributed by atoms with van der Waals surface area (Å²) in [4.78, 5) is 2.50. The van der Waals surface area contributed by atoms with Gasteiger partial charge in [0.1, 0.15) is 0 Å². The van der Waals surface area contributed by atoms with Gasteiger partial charge in [-0.1, -0.05) is 30.3 Å². The van der Waals surface area contributed by atoms with Gasteiger partial charge in [-0.15, -0.1) is 0 Å². The Hall–Kier alpha value is -0.900. The molecule has 0 radical (unpaired) electrons. The average Bonchev–Trinajstić information content (AvgIpc) is 2.89. The number of likely N-dealkylation sites (tertiary alicyclic amines) is 1. The molecule has 1 aliphatic heterocycles. The lowest BCUT2D eigenvalue weighted by Gasteiger charge is -2.31. The van der Waals surface area contributed by atoms with Gasteiger partial charge in [0.05, 0.1) is 6.61 Å². The van der Waals surface area contributed by atoms with Crippen LogP contribution in [0.5, 0.6) is 0 Å². The van der Waals surface area contributed by atoms with Crippen molar-refractivity contribution in [1.82, 2.24) is 4.90 Å². The first-order valence-electron chi connectivity index (χ1n) is 7.20. The van der Waals surface area contributed by atoms with E-state index in [1.807, 2.05) is 6.92 Å². The van der Waals surface area contributed by atoms with Crippen molar-refractivity contribution >= 4 is 0 Å². The zero-order valence-electron chi connectivity index (χ0n) is 12.0. The maximum absolute atomic E-state index is 9.27. The Morgan fingerprint density at radius 3 is 2.74 bits per heavy atom. The summed E-state index contributed by atoms with van der Waals surface area (Å²) in [6.45, 7) is 6.42. The maximum atomic E-state index is 9.27. The molecule has 3 nitrogen and oxygen atoms in total. The van der Waals surface area contributed by atoms with Crippen molar-refractivity contribution < 1.29 is 5.11 Å². The summed E-state index contributed by atoms with van der Waals surface area (Å²) in [5.41, 5.74) is 7.03. The van der Waals surface area contributed by atoms with Gasteiger partial charge in [0.2, 0.25) is 0 Å². The predicted octanol–water partition coefficient (Wildman–Crippen LogP) is 1.96. The molecular weight excluding hydrogens is 236 g/mol. The van der Waals surface area contributed by atoms with Crippen molar-refractivity contribution in [3.63, 3.8) is 0 Å². The van der Waals surface area contributed by atoms with Crippen molar-refractivity contribution in [3.8, 4) is 0 Å². The van der Waals surface area contributed by atoms with E-state index >= 15 is 0 Å². The Bertz CT molecular complexity index is 391. The molecule has 0 saturated carbocycles. The van der Waals surface area contributed by atoms with E-state index in [9.17, 15) is 5.11 Å². The van der Waals surface area contributed by atoms with Crippen molar-refractivity contribution in [1.29, 1.82) is 0 Å². The van der Waals surface area contributed by atoms with E-state index in [1.165, 1.54) is 12.0 Å². The fourth-order valence-electron chi connectivity index (χ4n) is 3.05. The smallest absolute Gasteiger partial charge is 0.0609 e. The standard InChI is InChI=1S/C16H26N2O/c1-13(10-16(2,17)12-19)18-9-8-15(11-18)14-6-4-3-5-7-14/h3-7,13,15,19H,8-12,17H2,1-2H3. The summed E-state index contributed by atoms with van der Waals surface area (Å²) in [5.74, 6) is 0.641. The van der Waals surface area contributed by atoms with Crippen LogP contribution in [0.4, 0.5) is 0 Å². The predicted molar refractivity (Wildman–Crippen MR) is 79.1 cm³/mol. The highest BCUT2D eigenvalue weighted by Crippen LogP contribution is 2.29. The lowest BCUT2D eigenvalue weighted by Crippen LogP contribution is -2.46. The lowest BCUT2D eigenvalue weighted by atomic mass is 9.95. The summed E-state index contributed by atoms with van der Waals surface area (Å²) in [5, 5.41) is 9.27. The van der Waals surface area contributed by atoms with Crippen LogP contribution < -0.4 is 5.73 Å². The topological polar surface area (TPSA) is 49.5 Å². The monoisotopic (exact) mass is 262 g/mol. The van der Waals surface area contributed by atoms with E-state index in [2.05, 4.69) is 42.2 Å². The van der Waals surface area contributed by atoms with E-state index in [0.29, 0.717) is 12.0 Å². The molecule has 1 heterocycles. The van der Waals surface area contributed by atoms with Crippen LogP contribution in [0.15, 0.2) is 30.3 Å². The minimum absolute atomic E-state index is 0.0489. The van der Waals surface area contributed by atoms with Crippen molar-refractivity contribution in [2.75, 3.05) is 19.7 Å². The summed E-state index contributed by atoms with van der Waals surface area (Å²) in [6, 6.07) is 11.2. The largest absolute Gasteiger partial charge is 0.394 e. The first-order chi connectivity index (χ1) is 9.02. The molecule has 1 saturated heterocycles. The highest BCUT2D eigenvalue weighted by Gasteiger charge is 2.30. The van der Waals surface area contributed by atoms with Gasteiger partial charge in [-0.3, -0.25) is 4.90 Å². The molecule has 0 aliphatic carbocycles. The maximum Gasteiger partial charge on any atom is 0.0609 e. The van der Waals surface area contributed by atoms with Crippen LogP contribution in [-0.4, -0.2) is 41.3 Å². The van der Waals surface area contributed by atoms with Crippen LogP contribution in [0.2, 0.25) is 0 Å². The number of rotatable bonds is 5. The minimum Gasteiger partial charge on any atom is -0.394 e. The molecule has 0 amide bonds. The van der Waals surface area contributed by atoms with Gasteiger partial charge in [0, 0.05) is 18.1 Å². The third-order valence-corrected chi connectivity index (χ3v) is 4.24. The van der Waals surface area contributed by atoms with E-state index in [0.717, 1.165) is 19.5 Å². The first-order valence-corrected chi connectivity index (χ1v) is 7.20. The number of nitrogens with zero attached hydrogens (tertiary/aromatic N) is 1. The Morgan fingerprint density at radius 1 is 1.42 bits per heavy atom. The third kappa shape index (κ3) is 3.78. The van der Waals surface area contributed by atoms with E-state index in [1.54, 1.807) is 0 Å². The second-order valence-electron chi connectivity index (χ2n) is 6.26. The lowest BCUT2D eigenvalue weighted by molar-refractivity contribution is 0.152. The van der Waals surface area contributed by atoms with Gasteiger partial charge >= 0.3 is 0 Å². The zero-order valence-corrected chi connectivity index (χ0v) is 12.0. The molecule has 1 aromatic rings. The van der Waals surface area contributed by atoms with Gasteiger partial charge < -0.3 is 10.8 Å². The van der Waals surface area contributed by atoms with Crippen LogP contribution in [0.25, 0.3) is 0 Å². The molecule has 0 aromatic heterocycles. The second-order valence-corrected chi connectivity index (χ2v) is 6.26. The molecule has 106 valence electrons. The highest BCUT2D eigenvalue weighted by molar-refractivity contribution is 5.21. The Morgan fingerprint density at radius 2 is 2.11 bits per heavy atom. The number of aliphatic hydroxyl groups is 1. The third-order valence-electron chi connectivity index (χ3n) is 4.24. The van der Waals surface area contributed by atoms with Crippen LogP contribution in [0, 0.1) is 0 Å². The molecule has 3 atom stereocenters. The van der Waals surface area contributed by atoms with Crippen LogP contribution in [-0.2, 0) is 0 Å². The van der Waals surface area contributed by atoms with Crippen molar-refractivity contribution in [2.24, 2.45) is 5.73 Å². The van der Waals surface area contributed by atoms with E-state index < -0.39 is 5.54 Å². The molecule has 1 aliphatic rings. The summed E-state index contributed by atoms with van der Waals surface area (Å²) < 4.78 is 0. The molecule has 0 spiro atoms. The van der Waals surface area contributed by atoms with Crippen molar-refractivity contribution in [3.05, 3.63) is 35.9 Å². The molecule has 3 unspecified atom stereocenters. The Kier molecular flexibility index (Phi) is 4.61. The van der Waals surface area contributed by atoms with Gasteiger partial charge in [-0.05, 0) is 44.7 Å². The Labute approximate surface area is 116 Å². The van der Waals surface area contributed by atoms with Crippen LogP contribution in [0.3, 0.4) is 0 Å². The number of aliphatic hydroxyl groups excluding tert-OH is 1. The average molecular weight is 262 g/mol. The second kappa shape index (κ2) is 6.04. The first kappa shape index (κ1) is 14.5. The minimum atomic E-state index is -0.468. The number of nitrogens with two attached hydrogens (primary N) is 1. The fourth-order valence-corrected chi connectivity index (χ4v) is 3.05. The van der Waals surface area contributed by atoms with Crippen molar-refractivity contribution in [2.45, 2.75) is 44.2 Å². The molecule has 19 heavy (non-hydrogen) atoms. The summed E-state index contributed by atoms with van der Waals surface area (Å²) in [7, 11) is 0. The highest BCUT2D eigenvalue weighted by atomic mass is 16.3. The van der Waals surface area contributed by atoms with E-state index in [4.69, 9.17) is 5.73 Å². The van der Waals surface area contributed by atoms with Crippen LogP contribution >= 0.6 is 0 Å². The number of benzene rings is 1. The molecule has 1 fully saturated rings. The molecular formula is C16H26N2O. The summed E-state index contributed by atoms with van der Waals surface area (Å²) in [6.07, 6.45) is 2.06. The quantitative estimate of drug-likeness (QED) is 0.853. The number of hydrogen-bond acceptors (Lipinski definition) is 3. The zero-order chi connectivity index (χ0) is 13.9. The molecule has 1 aromatic carbocycles. The number of hydrogen-bond donors (Lipinski definition) is 2. The Balaban J connectivity index is 1.91. The SMILES string of the molecule is CC(CC(C)(N)CO)N1CCC(c2ccccc2)C1. The van der Waals surface area contributed by atoms with Crippen LogP contribution in [0.1, 0.15) is 38.2 Å². The van der Waals surface area contributed by atoms with Gasteiger partial charge in [0.15, 0.2) is 0 Å². The summed E-state index contributed by atoms with van der Waals surface area (Å²) >= 11 is 0.